The quantitative estimate of drug-likeness (QED) is 0.670. The number of hydrogen-bond acceptors (Lipinski definition) is 5. The molecule has 0 aliphatic carbocycles. The summed E-state index contributed by atoms with van der Waals surface area (Å²) in [5.41, 5.74) is 0.711. The van der Waals surface area contributed by atoms with E-state index in [1.165, 1.54) is 0 Å². The number of benzene rings is 1. The van der Waals surface area contributed by atoms with Gasteiger partial charge in [0.25, 0.3) is 0 Å². The molecule has 4 nitrogen and oxygen atoms in total. The van der Waals surface area contributed by atoms with E-state index >= 15 is 0 Å². The maximum absolute atomic E-state index is 12.7. The first kappa shape index (κ1) is 15.4. The van der Waals surface area contributed by atoms with E-state index in [1.807, 2.05) is 29.2 Å². The Labute approximate surface area is 139 Å². The number of fused-ring (bicyclic) bond motifs is 1. The van der Waals surface area contributed by atoms with Crippen LogP contribution in [0.5, 0.6) is 0 Å². The summed E-state index contributed by atoms with van der Waals surface area (Å²) in [6.07, 6.45) is -2.63. The van der Waals surface area contributed by atoms with Crippen LogP contribution in [-0.4, -0.2) is 23.1 Å². The van der Waals surface area contributed by atoms with Crippen molar-refractivity contribution in [3.63, 3.8) is 0 Å². The Bertz CT molecular complexity index is 824. The third-order valence-corrected chi connectivity index (χ3v) is 5.04. The highest BCUT2D eigenvalue weighted by molar-refractivity contribution is 7.13. The molecule has 24 heavy (non-hydrogen) atoms. The average molecular weight is 353 g/mol. The summed E-state index contributed by atoms with van der Waals surface area (Å²) in [6.45, 7) is 1.26. The Balaban J connectivity index is 1.56. The van der Waals surface area contributed by atoms with Crippen LogP contribution in [-0.2, 0) is 6.18 Å². The Morgan fingerprint density at radius 3 is 2.79 bits per heavy atom. The van der Waals surface area contributed by atoms with E-state index < -0.39 is 11.9 Å². The summed E-state index contributed by atoms with van der Waals surface area (Å²) in [6, 6.07) is 7.54. The Kier molecular flexibility index (Phi) is 3.71. The van der Waals surface area contributed by atoms with Gasteiger partial charge in [0.1, 0.15) is 5.52 Å². The molecule has 1 unspecified atom stereocenters. The zero-order valence-electron chi connectivity index (χ0n) is 12.6. The molecule has 3 heterocycles. The molecule has 1 aliphatic heterocycles. The van der Waals surface area contributed by atoms with Crippen molar-refractivity contribution in [2.45, 2.75) is 24.9 Å². The number of alkyl halides is 3. The third-order valence-electron chi connectivity index (χ3n) is 4.13. The van der Waals surface area contributed by atoms with Gasteiger partial charge in [-0.3, -0.25) is 0 Å². The summed E-state index contributed by atoms with van der Waals surface area (Å²) in [4.78, 5) is 10.2. The highest BCUT2D eigenvalue weighted by Gasteiger charge is 2.35. The molecule has 1 saturated heterocycles. The summed E-state index contributed by atoms with van der Waals surface area (Å²) >= 11 is 1.03. The predicted octanol–water partition coefficient (Wildman–Crippen LogP) is 4.69. The summed E-state index contributed by atoms with van der Waals surface area (Å²) < 4.78 is 44.0. The minimum Gasteiger partial charge on any atom is -0.440 e. The molecule has 0 N–H and O–H groups in total. The molecular weight excluding hydrogens is 339 g/mol. The highest BCUT2D eigenvalue weighted by atomic mass is 32.1. The van der Waals surface area contributed by atoms with E-state index in [4.69, 9.17) is 4.42 Å². The fourth-order valence-electron chi connectivity index (χ4n) is 2.96. The van der Waals surface area contributed by atoms with Gasteiger partial charge in [-0.05, 0) is 25.0 Å². The van der Waals surface area contributed by atoms with Gasteiger partial charge >= 0.3 is 6.18 Å². The van der Waals surface area contributed by atoms with E-state index in [-0.39, 0.29) is 5.92 Å². The molecule has 1 atom stereocenters. The Morgan fingerprint density at radius 1 is 1.21 bits per heavy atom. The van der Waals surface area contributed by atoms with Crippen molar-refractivity contribution in [2.24, 2.45) is 0 Å². The molecule has 1 fully saturated rings. The topological polar surface area (TPSA) is 42.2 Å². The zero-order valence-corrected chi connectivity index (χ0v) is 13.4. The van der Waals surface area contributed by atoms with E-state index in [9.17, 15) is 13.2 Å². The minimum atomic E-state index is -4.40. The summed E-state index contributed by atoms with van der Waals surface area (Å²) in [7, 11) is 0. The normalized spacial score (nSPS) is 19.1. The molecule has 1 aliphatic rings. The SMILES string of the molecule is FC(F)(F)c1csc(N2CCCC(c3nc4ccccc4o3)C2)n1. The van der Waals surface area contributed by atoms with Crippen LogP contribution >= 0.6 is 11.3 Å². The maximum atomic E-state index is 12.7. The lowest BCUT2D eigenvalue weighted by molar-refractivity contribution is -0.140. The van der Waals surface area contributed by atoms with Crippen molar-refractivity contribution in [1.29, 1.82) is 0 Å². The monoisotopic (exact) mass is 353 g/mol. The van der Waals surface area contributed by atoms with E-state index in [0.29, 0.717) is 24.1 Å². The van der Waals surface area contributed by atoms with Crippen molar-refractivity contribution in [3.05, 3.63) is 41.2 Å². The molecule has 2 aromatic heterocycles. The maximum Gasteiger partial charge on any atom is 0.434 e. The van der Waals surface area contributed by atoms with Crippen molar-refractivity contribution in [1.82, 2.24) is 9.97 Å². The van der Waals surface area contributed by atoms with Gasteiger partial charge in [0.2, 0.25) is 0 Å². The molecule has 4 rings (SSSR count). The van der Waals surface area contributed by atoms with E-state index in [0.717, 1.165) is 40.7 Å². The molecular formula is C16H14F3N3OS. The first-order valence-electron chi connectivity index (χ1n) is 7.64. The third kappa shape index (κ3) is 2.86. The van der Waals surface area contributed by atoms with Gasteiger partial charge in [-0.2, -0.15) is 13.2 Å². The fourth-order valence-corrected chi connectivity index (χ4v) is 3.83. The van der Waals surface area contributed by atoms with Crippen molar-refractivity contribution < 1.29 is 17.6 Å². The molecule has 0 radical (unpaired) electrons. The number of piperidine rings is 1. The molecule has 8 heteroatoms. The van der Waals surface area contributed by atoms with Crippen molar-refractivity contribution in [3.8, 4) is 0 Å². The number of oxazole rings is 1. The predicted molar refractivity (Wildman–Crippen MR) is 85.3 cm³/mol. The second-order valence-electron chi connectivity index (χ2n) is 5.82. The van der Waals surface area contributed by atoms with Gasteiger partial charge in [0.15, 0.2) is 22.3 Å². The Hall–Kier alpha value is -2.09. The first-order chi connectivity index (χ1) is 11.5. The lowest BCUT2D eigenvalue weighted by Gasteiger charge is -2.30. The number of rotatable bonds is 2. The van der Waals surface area contributed by atoms with Crippen LogP contribution in [0.2, 0.25) is 0 Å². The van der Waals surface area contributed by atoms with Crippen LogP contribution in [0.25, 0.3) is 11.1 Å². The fraction of sp³-hybridized carbons (Fsp3) is 0.375. The second-order valence-corrected chi connectivity index (χ2v) is 6.65. The first-order valence-corrected chi connectivity index (χ1v) is 8.52. The Morgan fingerprint density at radius 2 is 2.04 bits per heavy atom. The number of thiazole rings is 1. The molecule has 3 aromatic rings. The molecule has 0 saturated carbocycles. The molecule has 0 spiro atoms. The van der Waals surface area contributed by atoms with Gasteiger partial charge in [0.05, 0.1) is 5.92 Å². The van der Waals surface area contributed by atoms with Crippen molar-refractivity contribution >= 4 is 27.6 Å². The van der Waals surface area contributed by atoms with Crippen LogP contribution in [0.3, 0.4) is 0 Å². The largest absolute Gasteiger partial charge is 0.440 e. The van der Waals surface area contributed by atoms with Gasteiger partial charge in [-0.1, -0.05) is 12.1 Å². The van der Waals surface area contributed by atoms with Gasteiger partial charge in [-0.25, -0.2) is 9.97 Å². The zero-order chi connectivity index (χ0) is 16.7. The minimum absolute atomic E-state index is 0.0596. The van der Waals surface area contributed by atoms with E-state index in [2.05, 4.69) is 9.97 Å². The number of para-hydroxylation sites is 2. The van der Waals surface area contributed by atoms with Crippen molar-refractivity contribution in [2.75, 3.05) is 18.0 Å². The average Bonchev–Trinajstić information content (AvgIpc) is 3.21. The van der Waals surface area contributed by atoms with Gasteiger partial charge < -0.3 is 9.32 Å². The van der Waals surface area contributed by atoms with Crippen LogP contribution in [0.1, 0.15) is 30.3 Å². The van der Waals surface area contributed by atoms with Crippen LogP contribution in [0.4, 0.5) is 18.3 Å². The number of nitrogens with zero attached hydrogens (tertiary/aromatic N) is 3. The van der Waals surface area contributed by atoms with Gasteiger partial charge in [0, 0.05) is 18.5 Å². The molecule has 126 valence electrons. The van der Waals surface area contributed by atoms with Crippen LogP contribution in [0.15, 0.2) is 34.1 Å². The number of halogens is 3. The summed E-state index contributed by atoms with van der Waals surface area (Å²) in [5.74, 6) is 0.706. The van der Waals surface area contributed by atoms with E-state index in [1.54, 1.807) is 0 Å². The number of aromatic nitrogens is 2. The van der Waals surface area contributed by atoms with Crippen LogP contribution < -0.4 is 4.90 Å². The standard InChI is InChI=1S/C16H14F3N3OS/c17-16(18,19)13-9-24-15(21-13)22-7-3-4-10(8-22)14-20-11-5-1-2-6-12(11)23-14/h1-2,5-6,9-10H,3-4,7-8H2. The molecule has 0 bridgehead atoms. The molecule has 1 aromatic carbocycles. The highest BCUT2D eigenvalue weighted by Crippen LogP contribution is 2.36. The smallest absolute Gasteiger partial charge is 0.434 e. The van der Waals surface area contributed by atoms with Crippen LogP contribution in [0, 0.1) is 0 Å². The van der Waals surface area contributed by atoms with Gasteiger partial charge in [-0.15, -0.1) is 11.3 Å². The number of anilines is 1. The lowest BCUT2D eigenvalue weighted by atomic mass is 9.98. The lowest BCUT2D eigenvalue weighted by Crippen LogP contribution is -2.34. The summed E-state index contributed by atoms with van der Waals surface area (Å²) in [5, 5.41) is 1.47. The molecule has 0 amide bonds. The second kappa shape index (κ2) is 5.77. The number of hydrogen-bond donors (Lipinski definition) is 0.